The van der Waals surface area contributed by atoms with Gasteiger partial charge in [0.25, 0.3) is 0 Å². The summed E-state index contributed by atoms with van der Waals surface area (Å²) in [7, 11) is 4.68. The van der Waals surface area contributed by atoms with Gasteiger partial charge in [0, 0.05) is 18.4 Å². The van der Waals surface area contributed by atoms with Crippen molar-refractivity contribution in [3.05, 3.63) is 35.9 Å². The van der Waals surface area contributed by atoms with Gasteiger partial charge < -0.3 is 4.48 Å². The molecule has 1 heterocycles. The van der Waals surface area contributed by atoms with Crippen LogP contribution in [0.15, 0.2) is 30.3 Å². The van der Waals surface area contributed by atoms with Gasteiger partial charge in [-0.05, 0) is 0 Å². The van der Waals surface area contributed by atoms with Crippen molar-refractivity contribution in [2.75, 3.05) is 20.6 Å². The molecule has 1 fully saturated rings. The van der Waals surface area contributed by atoms with Crippen molar-refractivity contribution < 1.29 is 4.48 Å². The van der Waals surface area contributed by atoms with Crippen LogP contribution >= 0.6 is 0 Å². The molecule has 13 heavy (non-hydrogen) atoms. The highest BCUT2D eigenvalue weighted by molar-refractivity contribution is 5.17. The Morgan fingerprint density at radius 1 is 1.15 bits per heavy atom. The van der Waals surface area contributed by atoms with E-state index in [-0.39, 0.29) is 0 Å². The summed E-state index contributed by atoms with van der Waals surface area (Å²) in [5, 5.41) is 0. The quantitative estimate of drug-likeness (QED) is 0.577. The molecule has 1 aliphatic heterocycles. The van der Waals surface area contributed by atoms with Gasteiger partial charge in [-0.15, -0.1) is 0 Å². The Hall–Kier alpha value is -0.820. The van der Waals surface area contributed by atoms with Crippen LogP contribution in [0.3, 0.4) is 0 Å². The SMILES string of the molecule is C[N+]1(C)CCC[C@H]1c1ccccc1. The third kappa shape index (κ3) is 1.61. The summed E-state index contributed by atoms with van der Waals surface area (Å²) in [6.45, 7) is 1.32. The lowest BCUT2D eigenvalue weighted by molar-refractivity contribution is -0.908. The van der Waals surface area contributed by atoms with Crippen molar-refractivity contribution in [2.45, 2.75) is 18.9 Å². The molecule has 0 N–H and O–H groups in total. The number of quaternary nitrogens is 1. The predicted molar refractivity (Wildman–Crippen MR) is 55.4 cm³/mol. The lowest BCUT2D eigenvalue weighted by Crippen LogP contribution is -2.38. The zero-order chi connectivity index (χ0) is 9.31. The van der Waals surface area contributed by atoms with E-state index in [2.05, 4.69) is 44.4 Å². The van der Waals surface area contributed by atoms with Gasteiger partial charge in [-0.1, -0.05) is 30.3 Å². The van der Waals surface area contributed by atoms with Crippen LogP contribution in [0.25, 0.3) is 0 Å². The number of nitrogens with zero attached hydrogens (tertiary/aromatic N) is 1. The highest BCUT2D eigenvalue weighted by atomic mass is 15.3. The largest absolute Gasteiger partial charge is 0.322 e. The first-order chi connectivity index (χ1) is 6.20. The molecule has 70 valence electrons. The smallest absolute Gasteiger partial charge is 0.114 e. The third-order valence-corrected chi connectivity index (χ3v) is 3.24. The van der Waals surface area contributed by atoms with E-state index in [9.17, 15) is 0 Å². The average molecular weight is 176 g/mol. The van der Waals surface area contributed by atoms with Crippen LogP contribution < -0.4 is 0 Å². The minimum Gasteiger partial charge on any atom is -0.322 e. The molecule has 1 saturated heterocycles. The van der Waals surface area contributed by atoms with Crippen molar-refractivity contribution >= 4 is 0 Å². The van der Waals surface area contributed by atoms with Gasteiger partial charge in [-0.25, -0.2) is 0 Å². The van der Waals surface area contributed by atoms with Gasteiger partial charge in [0.05, 0.1) is 20.6 Å². The molecule has 0 radical (unpaired) electrons. The molecule has 1 nitrogen and oxygen atoms in total. The summed E-state index contributed by atoms with van der Waals surface area (Å²) in [5.74, 6) is 0. The molecule has 1 atom stereocenters. The van der Waals surface area contributed by atoms with Gasteiger partial charge in [-0.3, -0.25) is 0 Å². The molecule has 0 aromatic heterocycles. The molecule has 1 aromatic rings. The second-order valence-electron chi connectivity index (χ2n) is 4.57. The highest BCUT2D eigenvalue weighted by Gasteiger charge is 2.34. The van der Waals surface area contributed by atoms with Crippen LogP contribution in [-0.2, 0) is 0 Å². The number of hydrogen-bond acceptors (Lipinski definition) is 0. The van der Waals surface area contributed by atoms with Crippen molar-refractivity contribution in [1.82, 2.24) is 0 Å². The summed E-state index contributed by atoms with van der Waals surface area (Å²) < 4.78 is 1.16. The summed E-state index contributed by atoms with van der Waals surface area (Å²) >= 11 is 0. The van der Waals surface area contributed by atoms with Gasteiger partial charge in [0.1, 0.15) is 6.04 Å². The van der Waals surface area contributed by atoms with Gasteiger partial charge in [0.15, 0.2) is 0 Å². The van der Waals surface area contributed by atoms with E-state index in [1.165, 1.54) is 24.9 Å². The molecule has 0 amide bonds. The maximum atomic E-state index is 2.34. The molecular formula is C12H18N+. The molecule has 0 aliphatic carbocycles. The molecule has 1 heteroatoms. The normalized spacial score (nSPS) is 26.2. The standard InChI is InChI=1S/C12H18N/c1-13(2)10-6-9-12(13)11-7-4-3-5-8-11/h3-5,7-8,12H,6,9-10H2,1-2H3/q+1/t12-/m0/s1. The molecule has 0 bridgehead atoms. The van der Waals surface area contributed by atoms with Gasteiger partial charge >= 0.3 is 0 Å². The Kier molecular flexibility index (Phi) is 2.12. The van der Waals surface area contributed by atoms with Crippen LogP contribution in [0.1, 0.15) is 24.4 Å². The van der Waals surface area contributed by atoms with E-state index in [1.54, 1.807) is 0 Å². The Balaban J connectivity index is 2.27. The maximum Gasteiger partial charge on any atom is 0.114 e. The molecule has 1 aliphatic rings. The Morgan fingerprint density at radius 2 is 1.85 bits per heavy atom. The Labute approximate surface area is 80.6 Å². The predicted octanol–water partition coefficient (Wildman–Crippen LogP) is 2.60. The van der Waals surface area contributed by atoms with E-state index in [0.29, 0.717) is 0 Å². The summed E-state index contributed by atoms with van der Waals surface area (Å²) in [5.41, 5.74) is 1.50. The maximum absolute atomic E-state index is 2.34. The number of likely N-dealkylation sites (tertiary alicyclic amines) is 1. The van der Waals surface area contributed by atoms with E-state index in [0.717, 1.165) is 10.5 Å². The molecule has 0 saturated carbocycles. The Morgan fingerprint density at radius 3 is 2.38 bits per heavy atom. The first-order valence-electron chi connectivity index (χ1n) is 5.08. The molecule has 2 rings (SSSR count). The topological polar surface area (TPSA) is 0 Å². The van der Waals surface area contributed by atoms with Gasteiger partial charge in [-0.2, -0.15) is 0 Å². The van der Waals surface area contributed by atoms with Crippen LogP contribution in [-0.4, -0.2) is 25.1 Å². The van der Waals surface area contributed by atoms with Crippen LogP contribution in [0, 0.1) is 0 Å². The fourth-order valence-corrected chi connectivity index (χ4v) is 2.44. The molecule has 0 unspecified atom stereocenters. The van der Waals surface area contributed by atoms with Crippen molar-refractivity contribution in [3.8, 4) is 0 Å². The highest BCUT2D eigenvalue weighted by Crippen LogP contribution is 2.35. The Bertz CT molecular complexity index is 276. The van der Waals surface area contributed by atoms with Crippen molar-refractivity contribution in [2.24, 2.45) is 0 Å². The molecule has 1 aromatic carbocycles. The van der Waals surface area contributed by atoms with Gasteiger partial charge in [0.2, 0.25) is 0 Å². The van der Waals surface area contributed by atoms with E-state index in [1.807, 2.05) is 0 Å². The van der Waals surface area contributed by atoms with Crippen LogP contribution in [0.2, 0.25) is 0 Å². The lowest BCUT2D eigenvalue weighted by Gasteiger charge is -2.31. The summed E-state index contributed by atoms with van der Waals surface area (Å²) in [6, 6.07) is 11.6. The zero-order valence-electron chi connectivity index (χ0n) is 8.53. The first-order valence-corrected chi connectivity index (χ1v) is 5.08. The van der Waals surface area contributed by atoms with Crippen molar-refractivity contribution in [3.63, 3.8) is 0 Å². The zero-order valence-corrected chi connectivity index (χ0v) is 8.53. The van der Waals surface area contributed by atoms with Crippen molar-refractivity contribution in [1.29, 1.82) is 0 Å². The number of hydrogen-bond donors (Lipinski definition) is 0. The number of rotatable bonds is 1. The minimum absolute atomic E-state index is 0.723. The molecular weight excluding hydrogens is 158 g/mol. The van der Waals surface area contributed by atoms with E-state index >= 15 is 0 Å². The average Bonchev–Trinajstić information content (AvgIpc) is 2.47. The monoisotopic (exact) mass is 176 g/mol. The molecule has 0 spiro atoms. The van der Waals surface area contributed by atoms with E-state index in [4.69, 9.17) is 0 Å². The third-order valence-electron chi connectivity index (χ3n) is 3.24. The fraction of sp³-hybridized carbons (Fsp3) is 0.500. The first kappa shape index (κ1) is 8.76. The van der Waals surface area contributed by atoms with E-state index < -0.39 is 0 Å². The second-order valence-corrected chi connectivity index (χ2v) is 4.57. The lowest BCUT2D eigenvalue weighted by atomic mass is 10.0. The van der Waals surface area contributed by atoms with Crippen LogP contribution in [0.5, 0.6) is 0 Å². The summed E-state index contributed by atoms with van der Waals surface area (Å²) in [4.78, 5) is 0. The second kappa shape index (κ2) is 3.15. The van der Waals surface area contributed by atoms with Crippen LogP contribution in [0.4, 0.5) is 0 Å². The number of benzene rings is 1. The minimum atomic E-state index is 0.723. The fourth-order valence-electron chi connectivity index (χ4n) is 2.44. The summed E-state index contributed by atoms with van der Waals surface area (Å²) in [6.07, 6.45) is 2.71.